The van der Waals surface area contributed by atoms with Crippen LogP contribution in [0, 0.1) is 5.92 Å². The van der Waals surface area contributed by atoms with Gasteiger partial charge in [-0.25, -0.2) is 8.42 Å². The van der Waals surface area contributed by atoms with Crippen LogP contribution in [0.25, 0.3) is 0 Å². The molecule has 0 unspecified atom stereocenters. The largest absolute Gasteiger partial charge is 0.296 e. The van der Waals surface area contributed by atoms with E-state index in [2.05, 4.69) is 29.2 Å². The van der Waals surface area contributed by atoms with Crippen molar-refractivity contribution in [3.8, 4) is 0 Å². The molecule has 0 aliphatic carbocycles. The van der Waals surface area contributed by atoms with E-state index < -0.39 is 10.0 Å². The monoisotopic (exact) mass is 382 g/mol. The van der Waals surface area contributed by atoms with Crippen molar-refractivity contribution in [2.24, 2.45) is 5.92 Å². The Labute approximate surface area is 156 Å². The summed E-state index contributed by atoms with van der Waals surface area (Å²) in [6.45, 7) is 2.81. The van der Waals surface area contributed by atoms with Crippen LogP contribution in [0.4, 0.5) is 0 Å². The number of sulfonamides is 1. The van der Waals surface area contributed by atoms with E-state index >= 15 is 0 Å². The molecule has 0 N–H and O–H groups in total. The van der Waals surface area contributed by atoms with E-state index in [1.54, 1.807) is 0 Å². The lowest BCUT2D eigenvalue weighted by atomic mass is 9.77. The third-order valence-corrected chi connectivity index (χ3v) is 8.46. The van der Waals surface area contributed by atoms with Gasteiger partial charge in [-0.15, -0.1) is 11.6 Å². The van der Waals surface area contributed by atoms with Gasteiger partial charge in [0.15, 0.2) is 0 Å². The van der Waals surface area contributed by atoms with Gasteiger partial charge in [0.05, 0.1) is 5.75 Å². The summed E-state index contributed by atoms with van der Waals surface area (Å²) in [7, 11) is -3.20. The molecule has 4 nitrogen and oxygen atoms in total. The number of halogens is 1. The molecular formula is C19H27ClN2O2S. The van der Waals surface area contributed by atoms with Crippen molar-refractivity contribution in [1.29, 1.82) is 0 Å². The molecule has 6 heteroatoms. The van der Waals surface area contributed by atoms with Gasteiger partial charge in [0, 0.05) is 37.6 Å². The molecular weight excluding hydrogens is 356 g/mol. The predicted octanol–water partition coefficient (Wildman–Crippen LogP) is 3.03. The zero-order chi connectivity index (χ0) is 17.4. The molecule has 3 heterocycles. The Kier molecular flexibility index (Phi) is 5.11. The van der Waals surface area contributed by atoms with Gasteiger partial charge in [-0.1, -0.05) is 24.3 Å². The van der Waals surface area contributed by atoms with Crippen LogP contribution in [0.3, 0.4) is 0 Å². The maximum Gasteiger partial charge on any atom is 0.214 e. The third-order valence-electron chi connectivity index (χ3n) is 6.22. The number of alkyl halides is 1. The van der Waals surface area contributed by atoms with E-state index in [4.69, 9.17) is 11.6 Å². The molecule has 0 saturated carbocycles. The zero-order valence-corrected chi connectivity index (χ0v) is 16.2. The number of nitrogens with zero attached hydrogens (tertiary/aromatic N) is 2. The second kappa shape index (κ2) is 7.18. The molecule has 1 aromatic rings. The summed E-state index contributed by atoms with van der Waals surface area (Å²) in [6, 6.07) is 9.22. The summed E-state index contributed by atoms with van der Waals surface area (Å²) in [4.78, 5) is 2.60. The van der Waals surface area contributed by atoms with Crippen molar-refractivity contribution in [1.82, 2.24) is 9.21 Å². The first-order chi connectivity index (χ1) is 12.1. The lowest BCUT2D eigenvalue weighted by molar-refractivity contribution is 0.0220. The topological polar surface area (TPSA) is 40.6 Å². The summed E-state index contributed by atoms with van der Waals surface area (Å²) in [5, 5.41) is 0. The minimum Gasteiger partial charge on any atom is -0.296 e. The molecule has 3 aliphatic heterocycles. The first-order valence-corrected chi connectivity index (χ1v) is 11.6. The second-order valence-electron chi connectivity index (χ2n) is 7.63. The van der Waals surface area contributed by atoms with Gasteiger partial charge >= 0.3 is 0 Å². The van der Waals surface area contributed by atoms with Crippen LogP contribution in [0.5, 0.6) is 0 Å². The number of hydrogen-bond donors (Lipinski definition) is 0. The van der Waals surface area contributed by atoms with E-state index in [1.165, 1.54) is 11.1 Å². The SMILES string of the molecule is O=S(=O)(CCCCl)N1CCC[C@H]2CN3CCc4ccccc4[C@@H]3C[C@H]21. The van der Waals surface area contributed by atoms with Gasteiger partial charge in [0.1, 0.15) is 0 Å². The number of fused-ring (bicyclic) bond motifs is 4. The maximum atomic E-state index is 12.9. The van der Waals surface area contributed by atoms with Crippen LogP contribution in [0.1, 0.15) is 42.9 Å². The highest BCUT2D eigenvalue weighted by atomic mass is 35.5. The first kappa shape index (κ1) is 17.8. The molecule has 0 radical (unpaired) electrons. The van der Waals surface area contributed by atoms with E-state index in [1.807, 2.05) is 4.31 Å². The minimum absolute atomic E-state index is 0.154. The maximum absolute atomic E-state index is 12.9. The molecule has 0 amide bonds. The van der Waals surface area contributed by atoms with Gasteiger partial charge in [-0.05, 0) is 49.1 Å². The molecule has 0 aromatic heterocycles. The highest BCUT2D eigenvalue weighted by Crippen LogP contribution is 2.43. The lowest BCUT2D eigenvalue weighted by Gasteiger charge is -2.51. The Hall–Kier alpha value is -0.620. The zero-order valence-electron chi connectivity index (χ0n) is 14.6. The predicted molar refractivity (Wildman–Crippen MR) is 101 cm³/mol. The normalized spacial score (nSPS) is 30.4. The summed E-state index contributed by atoms with van der Waals surface area (Å²) in [5.74, 6) is 1.07. The molecule has 2 saturated heterocycles. The summed E-state index contributed by atoms with van der Waals surface area (Å²) in [5.41, 5.74) is 2.85. The average Bonchev–Trinajstić information content (AvgIpc) is 2.64. The van der Waals surface area contributed by atoms with E-state index in [9.17, 15) is 8.42 Å². The van der Waals surface area contributed by atoms with Crippen LogP contribution in [0.15, 0.2) is 24.3 Å². The van der Waals surface area contributed by atoms with Crippen LogP contribution in [-0.2, 0) is 16.4 Å². The Balaban J connectivity index is 1.60. The Morgan fingerprint density at radius 2 is 2.04 bits per heavy atom. The van der Waals surface area contributed by atoms with Crippen molar-refractivity contribution in [3.63, 3.8) is 0 Å². The molecule has 2 fully saturated rings. The average molecular weight is 383 g/mol. The van der Waals surface area contributed by atoms with Crippen molar-refractivity contribution in [2.75, 3.05) is 31.3 Å². The van der Waals surface area contributed by atoms with Crippen LogP contribution >= 0.6 is 11.6 Å². The Morgan fingerprint density at radius 1 is 1.20 bits per heavy atom. The lowest BCUT2D eigenvalue weighted by Crippen LogP contribution is -2.57. The third kappa shape index (κ3) is 3.36. The molecule has 0 spiro atoms. The fourth-order valence-corrected chi connectivity index (χ4v) is 7.17. The number of hydrogen-bond acceptors (Lipinski definition) is 3. The van der Waals surface area contributed by atoms with Gasteiger partial charge in [0.2, 0.25) is 10.0 Å². The molecule has 4 rings (SSSR count). The van der Waals surface area contributed by atoms with Crippen molar-refractivity contribution in [2.45, 2.75) is 44.2 Å². The molecule has 1 aromatic carbocycles. The van der Waals surface area contributed by atoms with E-state index in [0.717, 1.165) is 38.8 Å². The summed E-state index contributed by atoms with van der Waals surface area (Å²) in [6.07, 6.45) is 4.72. The Bertz CT molecular complexity index is 724. The minimum atomic E-state index is -3.20. The van der Waals surface area contributed by atoms with Crippen LogP contribution in [0.2, 0.25) is 0 Å². The van der Waals surface area contributed by atoms with Crippen molar-refractivity contribution in [3.05, 3.63) is 35.4 Å². The second-order valence-corrected chi connectivity index (χ2v) is 10.1. The highest BCUT2D eigenvalue weighted by molar-refractivity contribution is 7.89. The van der Waals surface area contributed by atoms with Crippen LogP contribution in [-0.4, -0.2) is 54.9 Å². The Morgan fingerprint density at radius 3 is 2.88 bits per heavy atom. The smallest absolute Gasteiger partial charge is 0.214 e. The number of piperidine rings is 2. The summed E-state index contributed by atoms with van der Waals surface area (Å²) < 4.78 is 27.6. The van der Waals surface area contributed by atoms with Gasteiger partial charge in [-0.3, -0.25) is 4.90 Å². The van der Waals surface area contributed by atoms with Crippen LogP contribution < -0.4 is 0 Å². The van der Waals surface area contributed by atoms with E-state index in [0.29, 0.717) is 30.8 Å². The van der Waals surface area contributed by atoms with Gasteiger partial charge in [-0.2, -0.15) is 4.31 Å². The number of benzene rings is 1. The fourth-order valence-electron chi connectivity index (χ4n) is 5.05. The van der Waals surface area contributed by atoms with Crippen molar-refractivity contribution < 1.29 is 8.42 Å². The summed E-state index contributed by atoms with van der Waals surface area (Å²) >= 11 is 5.74. The van der Waals surface area contributed by atoms with Gasteiger partial charge < -0.3 is 0 Å². The quantitative estimate of drug-likeness (QED) is 0.751. The molecule has 25 heavy (non-hydrogen) atoms. The van der Waals surface area contributed by atoms with Gasteiger partial charge in [0.25, 0.3) is 0 Å². The first-order valence-electron chi connectivity index (χ1n) is 9.47. The standard InChI is InChI=1S/C19H27ClN2O2S/c20-9-4-12-25(23,24)22-10-3-6-16-14-21-11-8-15-5-1-2-7-17(15)19(21)13-18(16)22/h1-2,5,7,16,18-19H,3-4,6,8-14H2/t16-,18+,19-/m0/s1. The molecule has 138 valence electrons. The molecule has 0 bridgehead atoms. The van der Waals surface area contributed by atoms with Crippen molar-refractivity contribution >= 4 is 21.6 Å². The fraction of sp³-hybridized carbons (Fsp3) is 0.684. The molecule has 3 atom stereocenters. The number of rotatable bonds is 4. The van der Waals surface area contributed by atoms with E-state index in [-0.39, 0.29) is 11.8 Å². The molecule has 3 aliphatic rings. The highest BCUT2D eigenvalue weighted by Gasteiger charge is 2.45.